The molecule has 15 heavy (non-hydrogen) atoms. The molecule has 0 amide bonds. The van der Waals surface area contributed by atoms with Crippen LogP contribution in [0.25, 0.3) is 0 Å². The molecule has 0 aromatic carbocycles. The monoisotopic (exact) mass is 227 g/mol. The maximum atomic E-state index is 5.77. The quantitative estimate of drug-likeness (QED) is 0.802. The van der Waals surface area contributed by atoms with Gasteiger partial charge in [-0.25, -0.2) is 9.97 Å². The van der Waals surface area contributed by atoms with Gasteiger partial charge in [-0.05, 0) is 13.3 Å². The Kier molecular flexibility index (Phi) is 3.38. The van der Waals surface area contributed by atoms with E-state index in [0.717, 1.165) is 25.5 Å². The SMILES string of the molecule is CC(Nc1cc(Cl)ncn1)C1CCOC1. The summed E-state index contributed by atoms with van der Waals surface area (Å²) >= 11 is 5.77. The smallest absolute Gasteiger partial charge is 0.134 e. The molecule has 1 aromatic heterocycles. The van der Waals surface area contributed by atoms with Crippen LogP contribution in [0.2, 0.25) is 5.15 Å². The molecule has 2 atom stereocenters. The summed E-state index contributed by atoms with van der Waals surface area (Å²) < 4.78 is 5.34. The van der Waals surface area contributed by atoms with E-state index in [1.165, 1.54) is 6.33 Å². The fourth-order valence-corrected chi connectivity index (χ4v) is 1.86. The van der Waals surface area contributed by atoms with E-state index in [2.05, 4.69) is 22.2 Å². The van der Waals surface area contributed by atoms with Gasteiger partial charge in [0.15, 0.2) is 0 Å². The molecule has 1 N–H and O–H groups in total. The summed E-state index contributed by atoms with van der Waals surface area (Å²) in [5, 5.41) is 3.77. The lowest BCUT2D eigenvalue weighted by Crippen LogP contribution is -2.26. The summed E-state index contributed by atoms with van der Waals surface area (Å²) in [6, 6.07) is 2.08. The summed E-state index contributed by atoms with van der Waals surface area (Å²) in [6.45, 7) is 3.82. The van der Waals surface area contributed by atoms with Crippen LogP contribution in [-0.2, 0) is 4.74 Å². The van der Waals surface area contributed by atoms with E-state index in [1.54, 1.807) is 6.07 Å². The Balaban J connectivity index is 1.95. The predicted octanol–water partition coefficient (Wildman–Crippen LogP) is 1.97. The fourth-order valence-electron chi connectivity index (χ4n) is 1.71. The van der Waals surface area contributed by atoms with Gasteiger partial charge in [-0.1, -0.05) is 11.6 Å². The van der Waals surface area contributed by atoms with Crippen molar-refractivity contribution in [3.63, 3.8) is 0 Å². The molecule has 0 bridgehead atoms. The number of hydrogen-bond acceptors (Lipinski definition) is 4. The summed E-state index contributed by atoms with van der Waals surface area (Å²) in [4.78, 5) is 7.94. The van der Waals surface area contributed by atoms with Gasteiger partial charge >= 0.3 is 0 Å². The van der Waals surface area contributed by atoms with Gasteiger partial charge in [-0.3, -0.25) is 0 Å². The number of hydrogen-bond donors (Lipinski definition) is 1. The molecule has 1 fully saturated rings. The topological polar surface area (TPSA) is 47.0 Å². The van der Waals surface area contributed by atoms with Crippen LogP contribution >= 0.6 is 11.6 Å². The minimum Gasteiger partial charge on any atom is -0.381 e. The number of nitrogens with one attached hydrogen (secondary N) is 1. The average molecular weight is 228 g/mol. The zero-order valence-electron chi connectivity index (χ0n) is 8.61. The van der Waals surface area contributed by atoms with Crippen LogP contribution < -0.4 is 5.32 Å². The third-order valence-electron chi connectivity index (χ3n) is 2.68. The van der Waals surface area contributed by atoms with Crippen molar-refractivity contribution in [1.82, 2.24) is 9.97 Å². The summed E-state index contributed by atoms with van der Waals surface area (Å²) in [7, 11) is 0. The average Bonchev–Trinajstić information content (AvgIpc) is 2.70. The Morgan fingerprint density at radius 2 is 2.47 bits per heavy atom. The lowest BCUT2D eigenvalue weighted by atomic mass is 10.0. The first-order chi connectivity index (χ1) is 7.25. The molecule has 1 aliphatic rings. The van der Waals surface area contributed by atoms with E-state index in [-0.39, 0.29) is 0 Å². The second-order valence-corrected chi connectivity index (χ2v) is 4.17. The van der Waals surface area contributed by atoms with Gasteiger partial charge in [0, 0.05) is 24.6 Å². The Labute approximate surface area is 94.0 Å². The van der Waals surface area contributed by atoms with Crippen molar-refractivity contribution in [2.24, 2.45) is 5.92 Å². The Morgan fingerprint density at radius 3 is 3.13 bits per heavy atom. The summed E-state index contributed by atoms with van der Waals surface area (Å²) in [5.74, 6) is 1.33. The Morgan fingerprint density at radius 1 is 1.60 bits per heavy atom. The van der Waals surface area contributed by atoms with E-state index < -0.39 is 0 Å². The highest BCUT2D eigenvalue weighted by Gasteiger charge is 2.22. The molecular weight excluding hydrogens is 214 g/mol. The number of anilines is 1. The molecule has 0 saturated carbocycles. The second kappa shape index (κ2) is 4.77. The highest BCUT2D eigenvalue weighted by molar-refractivity contribution is 6.29. The summed E-state index contributed by atoms with van der Waals surface area (Å²) in [5.41, 5.74) is 0. The molecule has 82 valence electrons. The van der Waals surface area contributed by atoms with Crippen molar-refractivity contribution in [2.75, 3.05) is 18.5 Å². The molecule has 2 heterocycles. The van der Waals surface area contributed by atoms with Crippen LogP contribution in [0.4, 0.5) is 5.82 Å². The van der Waals surface area contributed by atoms with E-state index in [0.29, 0.717) is 17.1 Å². The van der Waals surface area contributed by atoms with Crippen molar-refractivity contribution in [2.45, 2.75) is 19.4 Å². The zero-order chi connectivity index (χ0) is 10.7. The van der Waals surface area contributed by atoms with Crippen LogP contribution in [0.5, 0.6) is 0 Å². The molecule has 1 saturated heterocycles. The molecule has 5 heteroatoms. The van der Waals surface area contributed by atoms with Crippen molar-refractivity contribution < 1.29 is 4.74 Å². The van der Waals surface area contributed by atoms with E-state index in [9.17, 15) is 0 Å². The van der Waals surface area contributed by atoms with Crippen LogP contribution in [-0.4, -0.2) is 29.2 Å². The maximum Gasteiger partial charge on any atom is 0.134 e. The predicted molar refractivity (Wildman–Crippen MR) is 59.1 cm³/mol. The summed E-state index contributed by atoms with van der Waals surface area (Å²) in [6.07, 6.45) is 2.56. The van der Waals surface area contributed by atoms with Crippen LogP contribution in [0.3, 0.4) is 0 Å². The molecule has 2 unspecified atom stereocenters. The lowest BCUT2D eigenvalue weighted by Gasteiger charge is -2.19. The van der Waals surface area contributed by atoms with Crippen LogP contribution in [0, 0.1) is 5.92 Å². The van der Waals surface area contributed by atoms with Gasteiger partial charge in [0.2, 0.25) is 0 Å². The first-order valence-electron chi connectivity index (χ1n) is 5.07. The highest BCUT2D eigenvalue weighted by atomic mass is 35.5. The number of rotatable bonds is 3. The van der Waals surface area contributed by atoms with Crippen molar-refractivity contribution in [3.8, 4) is 0 Å². The maximum absolute atomic E-state index is 5.77. The van der Waals surface area contributed by atoms with Crippen LogP contribution in [0.1, 0.15) is 13.3 Å². The molecule has 1 aromatic rings. The second-order valence-electron chi connectivity index (χ2n) is 3.78. The van der Waals surface area contributed by atoms with E-state index >= 15 is 0 Å². The normalized spacial score (nSPS) is 22.7. The third kappa shape index (κ3) is 2.79. The fraction of sp³-hybridized carbons (Fsp3) is 0.600. The Hall–Kier alpha value is -0.870. The van der Waals surface area contributed by atoms with E-state index in [1.807, 2.05) is 0 Å². The molecular formula is C10H14ClN3O. The van der Waals surface area contributed by atoms with Gasteiger partial charge in [-0.2, -0.15) is 0 Å². The minimum atomic E-state index is 0.346. The molecule has 0 radical (unpaired) electrons. The molecule has 4 nitrogen and oxygen atoms in total. The van der Waals surface area contributed by atoms with Crippen LogP contribution in [0.15, 0.2) is 12.4 Å². The van der Waals surface area contributed by atoms with Crippen molar-refractivity contribution >= 4 is 17.4 Å². The van der Waals surface area contributed by atoms with Gasteiger partial charge in [0.1, 0.15) is 17.3 Å². The largest absolute Gasteiger partial charge is 0.381 e. The first kappa shape index (κ1) is 10.6. The number of halogens is 1. The third-order valence-corrected chi connectivity index (χ3v) is 2.89. The number of ether oxygens (including phenoxy) is 1. The molecule has 0 spiro atoms. The van der Waals surface area contributed by atoms with Crippen molar-refractivity contribution in [1.29, 1.82) is 0 Å². The van der Waals surface area contributed by atoms with Gasteiger partial charge in [-0.15, -0.1) is 0 Å². The Bertz CT molecular complexity index is 328. The van der Waals surface area contributed by atoms with Gasteiger partial charge < -0.3 is 10.1 Å². The minimum absolute atomic E-state index is 0.346. The highest BCUT2D eigenvalue weighted by Crippen LogP contribution is 2.19. The molecule has 0 aliphatic carbocycles. The van der Waals surface area contributed by atoms with Gasteiger partial charge in [0.05, 0.1) is 6.61 Å². The number of nitrogens with zero attached hydrogens (tertiary/aromatic N) is 2. The number of aromatic nitrogens is 2. The van der Waals surface area contributed by atoms with Crippen molar-refractivity contribution in [3.05, 3.63) is 17.5 Å². The van der Waals surface area contributed by atoms with Gasteiger partial charge in [0.25, 0.3) is 0 Å². The standard InChI is InChI=1S/C10H14ClN3O/c1-7(8-2-3-15-5-8)14-10-4-9(11)12-6-13-10/h4,6-8H,2-3,5H2,1H3,(H,12,13,14). The molecule has 2 rings (SSSR count). The lowest BCUT2D eigenvalue weighted by molar-refractivity contribution is 0.183. The zero-order valence-corrected chi connectivity index (χ0v) is 9.37. The first-order valence-corrected chi connectivity index (χ1v) is 5.45. The van der Waals surface area contributed by atoms with E-state index in [4.69, 9.17) is 16.3 Å². The molecule has 1 aliphatic heterocycles.